The smallest absolute Gasteiger partial charge is 0.0458 e. The maximum absolute atomic E-state index is 3.48. The predicted molar refractivity (Wildman–Crippen MR) is 61.7 cm³/mol. The van der Waals surface area contributed by atoms with Crippen molar-refractivity contribution in [3.63, 3.8) is 0 Å². The number of benzene rings is 1. The first-order valence-corrected chi connectivity index (χ1v) is 5.07. The van der Waals surface area contributed by atoms with Crippen LogP contribution in [0.15, 0.2) is 24.3 Å². The fourth-order valence-electron chi connectivity index (χ4n) is 1.71. The zero-order valence-corrected chi connectivity index (χ0v) is 9.31. The summed E-state index contributed by atoms with van der Waals surface area (Å²) in [6.07, 6.45) is 0. The average molecular weight is 187 g/mol. The largest absolute Gasteiger partial charge is 0.358 e. The van der Waals surface area contributed by atoms with E-state index < -0.39 is 0 Å². The third-order valence-electron chi connectivity index (χ3n) is 2.69. The van der Waals surface area contributed by atoms with E-state index in [1.54, 1.807) is 0 Å². The minimum atomic E-state index is 0.200. The van der Waals surface area contributed by atoms with Gasteiger partial charge < -0.3 is 4.98 Å². The first kappa shape index (κ1) is 9.32. The Morgan fingerprint density at radius 2 is 1.86 bits per heavy atom. The average Bonchev–Trinajstić information content (AvgIpc) is 2.48. The topological polar surface area (TPSA) is 15.8 Å². The Labute approximate surface area is 85.1 Å². The van der Waals surface area contributed by atoms with Crippen molar-refractivity contribution < 1.29 is 0 Å². The summed E-state index contributed by atoms with van der Waals surface area (Å²) in [5.41, 5.74) is 4.09. The van der Waals surface area contributed by atoms with Crippen LogP contribution in [0.5, 0.6) is 0 Å². The van der Waals surface area contributed by atoms with Gasteiger partial charge in [0.15, 0.2) is 0 Å². The zero-order valence-electron chi connectivity index (χ0n) is 9.31. The van der Waals surface area contributed by atoms with E-state index in [1.165, 1.54) is 22.2 Å². The lowest BCUT2D eigenvalue weighted by Gasteiger charge is -2.15. The molecule has 0 aliphatic carbocycles. The van der Waals surface area contributed by atoms with Crippen LogP contribution in [-0.4, -0.2) is 4.98 Å². The Balaban J connectivity index is 2.69. The predicted octanol–water partition coefficient (Wildman–Crippen LogP) is 3.77. The van der Waals surface area contributed by atoms with Crippen molar-refractivity contribution >= 4 is 10.9 Å². The van der Waals surface area contributed by atoms with E-state index in [0.717, 1.165) is 0 Å². The highest BCUT2D eigenvalue weighted by Crippen LogP contribution is 2.27. The van der Waals surface area contributed by atoms with E-state index in [-0.39, 0.29) is 5.41 Å². The molecule has 2 aromatic rings. The number of fused-ring (bicyclic) bond motifs is 1. The fraction of sp³-hybridized carbons (Fsp3) is 0.385. The van der Waals surface area contributed by atoms with Crippen LogP contribution in [0.4, 0.5) is 0 Å². The van der Waals surface area contributed by atoms with Crippen molar-refractivity contribution in [3.05, 3.63) is 35.5 Å². The van der Waals surface area contributed by atoms with Crippen molar-refractivity contribution in [2.24, 2.45) is 0 Å². The number of aromatic amines is 1. The van der Waals surface area contributed by atoms with Gasteiger partial charge in [0.2, 0.25) is 0 Å². The van der Waals surface area contributed by atoms with Gasteiger partial charge >= 0.3 is 0 Å². The summed E-state index contributed by atoms with van der Waals surface area (Å²) in [6.45, 7) is 8.84. The molecule has 1 heterocycles. The molecule has 74 valence electrons. The van der Waals surface area contributed by atoms with Gasteiger partial charge in [-0.3, -0.25) is 0 Å². The first-order chi connectivity index (χ1) is 6.48. The molecule has 0 fully saturated rings. The van der Waals surface area contributed by atoms with Crippen LogP contribution in [0.1, 0.15) is 32.0 Å². The van der Waals surface area contributed by atoms with Crippen molar-refractivity contribution in [3.8, 4) is 0 Å². The van der Waals surface area contributed by atoms with E-state index in [0.29, 0.717) is 0 Å². The third-order valence-corrected chi connectivity index (χ3v) is 2.69. The number of nitrogens with one attached hydrogen (secondary N) is 1. The van der Waals surface area contributed by atoms with Crippen LogP contribution in [0.25, 0.3) is 10.9 Å². The molecule has 0 unspecified atom stereocenters. The molecule has 1 aromatic carbocycles. The number of hydrogen-bond acceptors (Lipinski definition) is 0. The second kappa shape index (κ2) is 2.88. The fourth-order valence-corrected chi connectivity index (χ4v) is 1.71. The molecule has 0 atom stereocenters. The van der Waals surface area contributed by atoms with Crippen molar-refractivity contribution in [1.29, 1.82) is 0 Å². The summed E-state index contributed by atoms with van der Waals surface area (Å²) in [6, 6.07) is 8.66. The maximum atomic E-state index is 3.48. The molecule has 14 heavy (non-hydrogen) atoms. The normalized spacial score (nSPS) is 12.3. The summed E-state index contributed by atoms with van der Waals surface area (Å²) in [7, 11) is 0. The minimum absolute atomic E-state index is 0.200. The highest BCUT2D eigenvalue weighted by atomic mass is 14.7. The van der Waals surface area contributed by atoms with Gasteiger partial charge in [0, 0.05) is 22.0 Å². The molecule has 0 spiro atoms. The molecule has 0 radical (unpaired) electrons. The molecule has 2 rings (SSSR count). The molecular formula is C13H17N. The third kappa shape index (κ3) is 1.43. The van der Waals surface area contributed by atoms with Crippen LogP contribution in [0, 0.1) is 6.92 Å². The standard InChI is InChI=1S/C13H17N/c1-9-6-5-7-11-10(9)8-12(14-11)13(2,3)4/h5-8,14H,1-4H3. The van der Waals surface area contributed by atoms with Crippen LogP contribution in [-0.2, 0) is 5.41 Å². The summed E-state index contributed by atoms with van der Waals surface area (Å²) in [5, 5.41) is 1.34. The van der Waals surface area contributed by atoms with E-state index in [4.69, 9.17) is 0 Å². The highest BCUT2D eigenvalue weighted by Gasteiger charge is 2.16. The number of rotatable bonds is 0. The van der Waals surface area contributed by atoms with Crippen molar-refractivity contribution in [2.75, 3.05) is 0 Å². The summed E-state index contributed by atoms with van der Waals surface area (Å²) >= 11 is 0. The lowest BCUT2D eigenvalue weighted by molar-refractivity contribution is 0.574. The molecule has 1 aromatic heterocycles. The Hall–Kier alpha value is -1.24. The second-order valence-electron chi connectivity index (χ2n) is 4.97. The van der Waals surface area contributed by atoms with Crippen molar-refractivity contribution in [1.82, 2.24) is 4.98 Å². The Bertz CT molecular complexity index is 458. The Morgan fingerprint density at radius 3 is 2.43 bits per heavy atom. The molecule has 1 nitrogen and oxygen atoms in total. The molecular weight excluding hydrogens is 170 g/mol. The van der Waals surface area contributed by atoms with Crippen LogP contribution >= 0.6 is 0 Å². The van der Waals surface area contributed by atoms with Crippen LogP contribution < -0.4 is 0 Å². The molecule has 0 bridgehead atoms. The number of aryl methyl sites for hydroxylation is 1. The molecule has 1 N–H and O–H groups in total. The molecule has 0 saturated carbocycles. The van der Waals surface area contributed by atoms with E-state index in [2.05, 4.69) is 56.9 Å². The van der Waals surface area contributed by atoms with Crippen LogP contribution in [0.2, 0.25) is 0 Å². The molecule has 0 amide bonds. The monoisotopic (exact) mass is 187 g/mol. The first-order valence-electron chi connectivity index (χ1n) is 5.07. The van der Waals surface area contributed by atoms with E-state index >= 15 is 0 Å². The highest BCUT2D eigenvalue weighted by molar-refractivity contribution is 5.83. The lowest BCUT2D eigenvalue weighted by Crippen LogP contribution is -2.10. The van der Waals surface area contributed by atoms with Gasteiger partial charge in [-0.15, -0.1) is 0 Å². The SMILES string of the molecule is Cc1cccc2[nH]c(C(C)(C)C)cc12. The summed E-state index contributed by atoms with van der Waals surface area (Å²) in [5.74, 6) is 0. The zero-order chi connectivity index (χ0) is 10.3. The molecule has 0 aliphatic rings. The van der Waals surface area contributed by atoms with Gasteiger partial charge in [0.25, 0.3) is 0 Å². The van der Waals surface area contributed by atoms with E-state index in [9.17, 15) is 0 Å². The van der Waals surface area contributed by atoms with Gasteiger partial charge in [0.05, 0.1) is 0 Å². The lowest BCUT2D eigenvalue weighted by atomic mass is 9.92. The molecule has 0 saturated heterocycles. The Morgan fingerprint density at radius 1 is 1.14 bits per heavy atom. The van der Waals surface area contributed by atoms with E-state index in [1.807, 2.05) is 0 Å². The quantitative estimate of drug-likeness (QED) is 0.646. The summed E-state index contributed by atoms with van der Waals surface area (Å²) in [4.78, 5) is 3.48. The molecule has 0 aliphatic heterocycles. The van der Waals surface area contributed by atoms with Gasteiger partial charge in [-0.05, 0) is 24.6 Å². The molecule has 1 heteroatoms. The van der Waals surface area contributed by atoms with Gasteiger partial charge in [-0.2, -0.15) is 0 Å². The Kier molecular flexibility index (Phi) is 1.91. The van der Waals surface area contributed by atoms with Crippen LogP contribution in [0.3, 0.4) is 0 Å². The van der Waals surface area contributed by atoms with Gasteiger partial charge in [-0.1, -0.05) is 32.9 Å². The summed E-state index contributed by atoms with van der Waals surface area (Å²) < 4.78 is 0. The number of hydrogen-bond donors (Lipinski definition) is 1. The second-order valence-corrected chi connectivity index (χ2v) is 4.97. The van der Waals surface area contributed by atoms with Gasteiger partial charge in [-0.25, -0.2) is 0 Å². The minimum Gasteiger partial charge on any atom is -0.358 e. The van der Waals surface area contributed by atoms with Gasteiger partial charge in [0.1, 0.15) is 0 Å². The maximum Gasteiger partial charge on any atom is 0.0458 e. The number of aromatic nitrogens is 1. The number of H-pyrrole nitrogens is 1. The van der Waals surface area contributed by atoms with Crippen molar-refractivity contribution in [2.45, 2.75) is 33.1 Å².